The Labute approximate surface area is 110 Å². The number of hydrogen-bond acceptors (Lipinski definition) is 5. The maximum atomic E-state index is 12.5. The molecular formula is C10H10F3N5O2. The van der Waals surface area contributed by atoms with Gasteiger partial charge in [-0.05, 0) is 6.92 Å². The van der Waals surface area contributed by atoms with Crippen molar-refractivity contribution in [3.8, 4) is 0 Å². The predicted molar refractivity (Wildman–Crippen MR) is 60.7 cm³/mol. The first-order valence-corrected chi connectivity index (χ1v) is 5.41. The van der Waals surface area contributed by atoms with Gasteiger partial charge in [-0.15, -0.1) is 0 Å². The number of nitrogens with one attached hydrogen (secondary N) is 2. The van der Waals surface area contributed by atoms with Gasteiger partial charge in [0.1, 0.15) is 12.0 Å². The molecule has 0 spiro atoms. The number of oxazole rings is 1. The topological polar surface area (TPSA) is 110 Å². The number of hydrogen-bond donors (Lipinski definition) is 3. The Hall–Kier alpha value is -2.36. The summed E-state index contributed by atoms with van der Waals surface area (Å²) in [4.78, 5) is 15.5. The summed E-state index contributed by atoms with van der Waals surface area (Å²) in [6.07, 6.45) is -3.51. The van der Waals surface area contributed by atoms with E-state index in [9.17, 15) is 18.0 Å². The van der Waals surface area contributed by atoms with Gasteiger partial charge in [-0.3, -0.25) is 9.89 Å². The van der Waals surface area contributed by atoms with Crippen LogP contribution in [0.15, 0.2) is 10.7 Å². The highest BCUT2D eigenvalue weighted by Gasteiger charge is 2.36. The molecule has 0 unspecified atom stereocenters. The number of carbonyl (C=O) groups is 1. The fourth-order valence-electron chi connectivity index (χ4n) is 1.48. The summed E-state index contributed by atoms with van der Waals surface area (Å²) < 4.78 is 42.5. The summed E-state index contributed by atoms with van der Waals surface area (Å²) in [5, 5.41) is 7.46. The molecule has 0 bridgehead atoms. The highest BCUT2D eigenvalue weighted by molar-refractivity contribution is 6.02. The number of aromatic amines is 1. The van der Waals surface area contributed by atoms with E-state index in [4.69, 9.17) is 10.2 Å². The number of aromatic nitrogens is 3. The van der Waals surface area contributed by atoms with Crippen molar-refractivity contribution >= 4 is 11.7 Å². The molecule has 0 saturated carbocycles. The van der Waals surface area contributed by atoms with E-state index >= 15 is 0 Å². The Morgan fingerprint density at radius 1 is 1.55 bits per heavy atom. The van der Waals surface area contributed by atoms with Gasteiger partial charge in [0.15, 0.2) is 11.5 Å². The lowest BCUT2D eigenvalue weighted by molar-refractivity contribution is -0.141. The molecule has 0 aromatic carbocycles. The minimum atomic E-state index is -4.57. The summed E-state index contributed by atoms with van der Waals surface area (Å²) in [6.45, 7) is 1.20. The number of H-pyrrole nitrogens is 1. The van der Waals surface area contributed by atoms with Crippen LogP contribution in [0.1, 0.15) is 27.6 Å². The Morgan fingerprint density at radius 2 is 2.25 bits per heavy atom. The second-order valence-electron chi connectivity index (χ2n) is 3.85. The molecule has 7 nitrogen and oxygen atoms in total. The van der Waals surface area contributed by atoms with Crippen molar-refractivity contribution < 1.29 is 22.4 Å². The molecule has 2 rings (SSSR count). The molecule has 0 saturated heterocycles. The van der Waals surface area contributed by atoms with Gasteiger partial charge in [0.25, 0.3) is 5.91 Å². The minimum Gasteiger partial charge on any atom is -0.447 e. The van der Waals surface area contributed by atoms with Crippen LogP contribution in [-0.2, 0) is 12.7 Å². The van der Waals surface area contributed by atoms with Gasteiger partial charge in [-0.1, -0.05) is 0 Å². The number of halogens is 3. The van der Waals surface area contributed by atoms with Gasteiger partial charge in [-0.2, -0.15) is 18.3 Å². The van der Waals surface area contributed by atoms with E-state index < -0.39 is 17.8 Å². The van der Waals surface area contributed by atoms with Crippen molar-refractivity contribution in [2.45, 2.75) is 19.6 Å². The Balaban J connectivity index is 2.18. The molecule has 0 radical (unpaired) electrons. The molecular weight excluding hydrogens is 279 g/mol. The van der Waals surface area contributed by atoms with E-state index in [0.717, 1.165) is 6.26 Å². The highest BCUT2D eigenvalue weighted by Crippen LogP contribution is 2.32. The molecule has 2 heterocycles. The summed E-state index contributed by atoms with van der Waals surface area (Å²) in [6, 6.07) is 0. The zero-order valence-electron chi connectivity index (χ0n) is 10.2. The first kappa shape index (κ1) is 14.1. The lowest BCUT2D eigenvalue weighted by Gasteiger charge is -2.04. The molecule has 2 aromatic rings. The average molecular weight is 289 g/mol. The van der Waals surface area contributed by atoms with Crippen LogP contribution in [0.4, 0.5) is 19.0 Å². The van der Waals surface area contributed by atoms with E-state index in [1.165, 1.54) is 6.92 Å². The molecule has 108 valence electrons. The Morgan fingerprint density at radius 3 is 2.75 bits per heavy atom. The minimum absolute atomic E-state index is 0.00688. The lowest BCUT2D eigenvalue weighted by atomic mass is 10.2. The smallest absolute Gasteiger partial charge is 0.433 e. The van der Waals surface area contributed by atoms with Crippen molar-refractivity contribution in [1.82, 2.24) is 15.2 Å². The number of carbonyl (C=O) groups excluding carboxylic acids is 1. The number of rotatable bonds is 3. The van der Waals surface area contributed by atoms with E-state index in [-0.39, 0.29) is 29.5 Å². The normalized spacial score (nSPS) is 11.7. The quantitative estimate of drug-likeness (QED) is 0.791. The van der Waals surface area contributed by atoms with Crippen LogP contribution >= 0.6 is 0 Å². The van der Waals surface area contributed by atoms with Gasteiger partial charge in [-0.25, -0.2) is 4.98 Å². The molecule has 20 heavy (non-hydrogen) atoms. The van der Waals surface area contributed by atoms with Crippen molar-refractivity contribution in [2.75, 3.05) is 5.32 Å². The second-order valence-corrected chi connectivity index (χ2v) is 3.85. The second kappa shape index (κ2) is 4.96. The third-order valence-corrected chi connectivity index (χ3v) is 2.48. The summed E-state index contributed by atoms with van der Waals surface area (Å²) in [5.74, 6) is -0.818. The number of alkyl halides is 3. The van der Waals surface area contributed by atoms with Crippen molar-refractivity contribution in [3.63, 3.8) is 0 Å². The fourth-order valence-corrected chi connectivity index (χ4v) is 1.48. The predicted octanol–water partition coefficient (Wildman–Crippen LogP) is 1.44. The third-order valence-electron chi connectivity index (χ3n) is 2.48. The summed E-state index contributed by atoms with van der Waals surface area (Å²) >= 11 is 0. The van der Waals surface area contributed by atoms with Crippen LogP contribution in [0.2, 0.25) is 0 Å². The molecule has 0 fully saturated rings. The molecule has 0 aliphatic carbocycles. The molecule has 4 N–H and O–H groups in total. The van der Waals surface area contributed by atoms with E-state index in [1.54, 1.807) is 0 Å². The maximum Gasteiger partial charge on any atom is 0.433 e. The average Bonchev–Trinajstić information content (AvgIpc) is 2.96. The standard InChI is InChI=1S/C10H10F3N5O2/c1-4-7(10(11,12)13)17-18-8(4)16-9(19)5-3-20-6(2-14)15-5/h3H,2,14H2,1H3,(H2,16,17,18,19). The zero-order chi connectivity index (χ0) is 14.9. The third kappa shape index (κ3) is 2.64. The lowest BCUT2D eigenvalue weighted by Crippen LogP contribution is -2.14. The fraction of sp³-hybridized carbons (Fsp3) is 0.300. The number of anilines is 1. The summed E-state index contributed by atoms with van der Waals surface area (Å²) in [7, 11) is 0. The van der Waals surface area contributed by atoms with E-state index in [2.05, 4.69) is 15.4 Å². The zero-order valence-corrected chi connectivity index (χ0v) is 10.2. The van der Waals surface area contributed by atoms with Crippen LogP contribution in [0.25, 0.3) is 0 Å². The first-order chi connectivity index (χ1) is 9.32. The van der Waals surface area contributed by atoms with Crippen molar-refractivity contribution in [3.05, 3.63) is 29.1 Å². The van der Waals surface area contributed by atoms with Gasteiger partial charge in [0, 0.05) is 5.56 Å². The molecule has 2 aromatic heterocycles. The monoisotopic (exact) mass is 289 g/mol. The van der Waals surface area contributed by atoms with Gasteiger partial charge in [0.2, 0.25) is 5.89 Å². The maximum absolute atomic E-state index is 12.5. The number of nitrogens with zero attached hydrogens (tertiary/aromatic N) is 2. The molecule has 10 heteroatoms. The largest absolute Gasteiger partial charge is 0.447 e. The van der Waals surface area contributed by atoms with Crippen molar-refractivity contribution in [2.24, 2.45) is 5.73 Å². The van der Waals surface area contributed by atoms with Crippen molar-refractivity contribution in [1.29, 1.82) is 0 Å². The van der Waals surface area contributed by atoms with Crippen LogP contribution < -0.4 is 11.1 Å². The highest BCUT2D eigenvalue weighted by atomic mass is 19.4. The SMILES string of the molecule is Cc1c(NC(=O)c2coc(CN)n2)n[nH]c1C(F)(F)F. The van der Waals surface area contributed by atoms with Gasteiger partial charge >= 0.3 is 6.18 Å². The van der Waals surface area contributed by atoms with Crippen LogP contribution in [0.3, 0.4) is 0 Å². The Bertz CT molecular complexity index is 631. The molecule has 0 atom stereocenters. The summed E-state index contributed by atoms with van der Waals surface area (Å²) in [5.41, 5.74) is 3.93. The number of amides is 1. The van der Waals surface area contributed by atoms with E-state index in [1.807, 2.05) is 5.10 Å². The number of nitrogens with two attached hydrogens (primary N) is 1. The van der Waals surface area contributed by atoms with E-state index in [0.29, 0.717) is 0 Å². The van der Waals surface area contributed by atoms with Crippen LogP contribution in [-0.4, -0.2) is 21.1 Å². The Kier molecular flexibility index (Phi) is 3.49. The van der Waals surface area contributed by atoms with Crippen LogP contribution in [0.5, 0.6) is 0 Å². The van der Waals surface area contributed by atoms with Crippen LogP contribution in [0, 0.1) is 6.92 Å². The van der Waals surface area contributed by atoms with Gasteiger partial charge in [0.05, 0.1) is 6.54 Å². The molecule has 0 aliphatic heterocycles. The molecule has 1 amide bonds. The van der Waals surface area contributed by atoms with Gasteiger partial charge < -0.3 is 15.5 Å². The first-order valence-electron chi connectivity index (χ1n) is 5.41. The molecule has 0 aliphatic rings.